The van der Waals surface area contributed by atoms with Crippen LogP contribution in [-0.4, -0.2) is 46.1 Å². The lowest BCUT2D eigenvalue weighted by Gasteiger charge is -2.43. The van der Waals surface area contributed by atoms with Gasteiger partial charge in [-0.1, -0.05) is 26.3 Å². The van der Waals surface area contributed by atoms with Crippen molar-refractivity contribution >= 4 is 10.0 Å². The molecule has 1 heterocycles. The first-order valence-electron chi connectivity index (χ1n) is 9.55. The van der Waals surface area contributed by atoms with E-state index in [1.54, 1.807) is 23.5 Å². The summed E-state index contributed by atoms with van der Waals surface area (Å²) in [5.74, 6) is 0.680. The summed E-state index contributed by atoms with van der Waals surface area (Å²) in [5, 5.41) is 0. The minimum absolute atomic E-state index is 0.0387. The van der Waals surface area contributed by atoms with Crippen LogP contribution in [0, 0.1) is 5.41 Å². The first kappa shape index (κ1) is 19.6. The highest BCUT2D eigenvalue weighted by molar-refractivity contribution is 7.89. The predicted octanol–water partition coefficient (Wildman–Crippen LogP) is 3.79. The molecule has 2 aliphatic rings. The third-order valence-corrected chi connectivity index (χ3v) is 8.02. The first-order chi connectivity index (χ1) is 12.3. The average molecular weight is 382 g/mol. The number of sulfonamides is 1. The molecular weight excluding hydrogens is 350 g/mol. The Morgan fingerprint density at radius 2 is 1.92 bits per heavy atom. The van der Waals surface area contributed by atoms with Gasteiger partial charge < -0.3 is 9.47 Å². The maximum absolute atomic E-state index is 13.5. The van der Waals surface area contributed by atoms with Gasteiger partial charge >= 0.3 is 0 Å². The molecular formula is C20H31NO4S. The number of hydrogen-bond acceptors (Lipinski definition) is 4. The fourth-order valence-corrected chi connectivity index (χ4v) is 6.42. The van der Waals surface area contributed by atoms with Crippen molar-refractivity contribution in [3.05, 3.63) is 23.8 Å². The Balaban J connectivity index is 1.96. The maximum atomic E-state index is 13.5. The van der Waals surface area contributed by atoms with Gasteiger partial charge in [-0.2, -0.15) is 4.31 Å². The number of piperidine rings is 1. The highest BCUT2D eigenvalue weighted by Gasteiger charge is 2.48. The van der Waals surface area contributed by atoms with Crippen LogP contribution in [0.2, 0.25) is 0 Å². The molecule has 6 heteroatoms. The Bertz CT molecular complexity index is 746. The van der Waals surface area contributed by atoms with Crippen molar-refractivity contribution in [1.82, 2.24) is 4.31 Å². The zero-order valence-corrected chi connectivity index (χ0v) is 17.1. The van der Waals surface area contributed by atoms with Crippen LogP contribution in [0.1, 0.15) is 57.4 Å². The van der Waals surface area contributed by atoms with Gasteiger partial charge in [-0.3, -0.25) is 0 Å². The van der Waals surface area contributed by atoms with Gasteiger partial charge in [0.05, 0.1) is 13.2 Å². The standard InChI is InChI=1S/C20H31NO4S/c1-15(2)16-8-9-17(24-3)18(13-16)26(22,23)21-12-6-11-20(14-21)10-5-7-19(20)25-4/h8-9,13,15,19H,5-7,10-12,14H2,1-4H3/t19-,20-/m1/s1. The summed E-state index contributed by atoms with van der Waals surface area (Å²) < 4.78 is 39.7. The van der Waals surface area contributed by atoms with Gasteiger partial charge in [-0.05, 0) is 49.3 Å². The molecule has 0 unspecified atom stereocenters. The molecule has 1 spiro atoms. The molecule has 2 atom stereocenters. The molecule has 0 aromatic heterocycles. The van der Waals surface area contributed by atoms with Gasteiger partial charge in [-0.15, -0.1) is 0 Å². The molecule has 1 aromatic rings. The average Bonchev–Trinajstić information content (AvgIpc) is 3.02. The summed E-state index contributed by atoms with van der Waals surface area (Å²) in [6.45, 7) is 5.24. The highest BCUT2D eigenvalue weighted by Crippen LogP contribution is 2.47. The predicted molar refractivity (Wildman–Crippen MR) is 102 cm³/mol. The van der Waals surface area contributed by atoms with E-state index in [0.717, 1.165) is 37.7 Å². The van der Waals surface area contributed by atoms with Crippen molar-refractivity contribution in [2.45, 2.75) is 62.9 Å². The van der Waals surface area contributed by atoms with Gasteiger partial charge in [0.15, 0.2) is 0 Å². The number of benzene rings is 1. The maximum Gasteiger partial charge on any atom is 0.246 e. The van der Waals surface area contributed by atoms with Crippen LogP contribution in [0.5, 0.6) is 5.75 Å². The van der Waals surface area contributed by atoms with Crippen LogP contribution in [0.25, 0.3) is 0 Å². The van der Waals surface area contributed by atoms with Gasteiger partial charge in [-0.25, -0.2) is 8.42 Å². The molecule has 1 aromatic carbocycles. The number of hydrogen-bond donors (Lipinski definition) is 0. The molecule has 5 nitrogen and oxygen atoms in total. The largest absolute Gasteiger partial charge is 0.495 e. The quantitative estimate of drug-likeness (QED) is 0.779. The normalized spacial score (nSPS) is 27.3. The van der Waals surface area contributed by atoms with E-state index in [9.17, 15) is 8.42 Å². The summed E-state index contributed by atoms with van der Waals surface area (Å²) >= 11 is 0. The van der Waals surface area contributed by atoms with Crippen molar-refractivity contribution in [2.75, 3.05) is 27.3 Å². The number of ether oxygens (including phenoxy) is 2. The molecule has 0 bridgehead atoms. The van der Waals surface area contributed by atoms with E-state index in [1.807, 2.05) is 6.07 Å². The van der Waals surface area contributed by atoms with E-state index in [-0.39, 0.29) is 22.3 Å². The molecule has 1 aliphatic carbocycles. The molecule has 1 saturated carbocycles. The van der Waals surface area contributed by atoms with Gasteiger partial charge in [0.2, 0.25) is 10.0 Å². The van der Waals surface area contributed by atoms with Crippen LogP contribution in [-0.2, 0) is 14.8 Å². The second-order valence-corrected chi connectivity index (χ2v) is 9.89. The van der Waals surface area contributed by atoms with Crippen LogP contribution < -0.4 is 4.74 Å². The van der Waals surface area contributed by atoms with Crippen molar-refractivity contribution in [3.8, 4) is 5.75 Å². The van der Waals surface area contributed by atoms with Gasteiger partial charge in [0.25, 0.3) is 0 Å². The second kappa shape index (κ2) is 7.49. The van der Waals surface area contributed by atoms with E-state index >= 15 is 0 Å². The molecule has 0 amide bonds. The summed E-state index contributed by atoms with van der Waals surface area (Å²) in [4.78, 5) is 0.287. The summed E-state index contributed by atoms with van der Waals surface area (Å²) in [5.41, 5.74) is 0.968. The third-order valence-electron chi connectivity index (χ3n) is 6.15. The van der Waals surface area contributed by atoms with Crippen molar-refractivity contribution in [1.29, 1.82) is 0 Å². The Hall–Kier alpha value is -1.11. The SMILES string of the molecule is COc1ccc(C(C)C)cc1S(=O)(=O)N1CCC[C@]2(CCC[C@H]2OC)C1. The number of methoxy groups -OCH3 is 2. The number of rotatable bonds is 5. The Morgan fingerprint density at radius 1 is 1.19 bits per heavy atom. The Morgan fingerprint density at radius 3 is 2.58 bits per heavy atom. The van der Waals surface area contributed by atoms with Crippen LogP contribution in [0.4, 0.5) is 0 Å². The first-order valence-corrected chi connectivity index (χ1v) is 11.0. The van der Waals surface area contributed by atoms with Gasteiger partial charge in [0.1, 0.15) is 10.6 Å². The highest BCUT2D eigenvalue weighted by atomic mass is 32.2. The van der Waals surface area contributed by atoms with E-state index < -0.39 is 10.0 Å². The van der Waals surface area contributed by atoms with Crippen LogP contribution in [0.15, 0.2) is 23.1 Å². The minimum Gasteiger partial charge on any atom is -0.495 e. The Kier molecular flexibility index (Phi) is 5.66. The fourth-order valence-electron chi connectivity index (χ4n) is 4.66. The summed E-state index contributed by atoms with van der Waals surface area (Å²) in [6, 6.07) is 5.50. The Labute approximate surface area is 157 Å². The molecule has 3 rings (SSSR count). The van der Waals surface area contributed by atoms with Crippen molar-refractivity contribution in [3.63, 3.8) is 0 Å². The zero-order chi connectivity index (χ0) is 18.9. The van der Waals surface area contributed by atoms with Crippen molar-refractivity contribution in [2.24, 2.45) is 5.41 Å². The lowest BCUT2D eigenvalue weighted by molar-refractivity contribution is -0.0185. The van der Waals surface area contributed by atoms with E-state index in [1.165, 1.54) is 7.11 Å². The van der Waals surface area contributed by atoms with Crippen LogP contribution >= 0.6 is 0 Å². The van der Waals surface area contributed by atoms with E-state index in [4.69, 9.17) is 9.47 Å². The monoisotopic (exact) mass is 381 g/mol. The smallest absolute Gasteiger partial charge is 0.246 e. The van der Waals surface area contributed by atoms with E-state index in [0.29, 0.717) is 18.8 Å². The topological polar surface area (TPSA) is 55.8 Å². The lowest BCUT2D eigenvalue weighted by atomic mass is 9.77. The second-order valence-electron chi connectivity index (χ2n) is 7.99. The lowest BCUT2D eigenvalue weighted by Crippen LogP contribution is -2.49. The van der Waals surface area contributed by atoms with Crippen molar-refractivity contribution < 1.29 is 17.9 Å². The zero-order valence-electron chi connectivity index (χ0n) is 16.3. The summed E-state index contributed by atoms with van der Waals surface area (Å²) in [7, 11) is -0.326. The fraction of sp³-hybridized carbons (Fsp3) is 0.700. The third kappa shape index (κ3) is 3.39. The molecule has 1 saturated heterocycles. The minimum atomic E-state index is -3.60. The molecule has 2 fully saturated rings. The van der Waals surface area contributed by atoms with Crippen LogP contribution in [0.3, 0.4) is 0 Å². The van der Waals surface area contributed by atoms with Gasteiger partial charge in [0, 0.05) is 25.6 Å². The summed E-state index contributed by atoms with van der Waals surface area (Å²) in [6.07, 6.45) is 5.26. The van der Waals surface area contributed by atoms with E-state index in [2.05, 4.69) is 13.8 Å². The molecule has 0 radical (unpaired) electrons. The number of nitrogens with zero attached hydrogens (tertiary/aromatic N) is 1. The molecule has 26 heavy (non-hydrogen) atoms. The molecule has 1 aliphatic heterocycles. The molecule has 146 valence electrons. The molecule has 0 N–H and O–H groups in total.